The number of thiophene rings is 1. The van der Waals surface area contributed by atoms with Crippen molar-refractivity contribution in [1.82, 2.24) is 15.1 Å². The number of alkyl halides is 3. The molecule has 1 N–H and O–H groups in total. The van der Waals surface area contributed by atoms with Crippen molar-refractivity contribution in [3.8, 4) is 27.7 Å². The summed E-state index contributed by atoms with van der Waals surface area (Å²) < 4.78 is 83.5. The van der Waals surface area contributed by atoms with Crippen LogP contribution in [0.2, 0.25) is 0 Å². The van der Waals surface area contributed by atoms with Crippen molar-refractivity contribution in [1.29, 1.82) is 0 Å². The van der Waals surface area contributed by atoms with Crippen LogP contribution in [0.3, 0.4) is 0 Å². The van der Waals surface area contributed by atoms with Gasteiger partial charge in [-0.25, -0.2) is 17.6 Å². The Balaban J connectivity index is 1.35. The second-order valence-corrected chi connectivity index (χ2v) is 11.0. The van der Waals surface area contributed by atoms with E-state index in [9.17, 15) is 17.6 Å². The maximum atomic E-state index is 15.2. The van der Waals surface area contributed by atoms with Gasteiger partial charge in [-0.15, -0.1) is 11.3 Å². The molecule has 3 heterocycles. The number of rotatable bonds is 9. The van der Waals surface area contributed by atoms with E-state index in [0.717, 1.165) is 23.0 Å². The lowest BCUT2D eigenvalue weighted by Crippen LogP contribution is -2.49. The van der Waals surface area contributed by atoms with Gasteiger partial charge in [0.2, 0.25) is 0 Å². The van der Waals surface area contributed by atoms with Crippen LogP contribution in [0.25, 0.3) is 31.4 Å². The minimum atomic E-state index is -3.34. The third kappa shape index (κ3) is 4.99. The van der Waals surface area contributed by atoms with Gasteiger partial charge in [0.25, 0.3) is 5.92 Å². The van der Waals surface area contributed by atoms with Gasteiger partial charge in [0.1, 0.15) is 18.2 Å². The lowest BCUT2D eigenvalue weighted by molar-refractivity contribution is 0.0178. The van der Waals surface area contributed by atoms with Crippen molar-refractivity contribution in [2.24, 2.45) is 5.92 Å². The monoisotopic (exact) mass is 573 g/mol. The Hall–Kier alpha value is -3.70. The molecule has 0 atom stereocenters. The molecule has 0 bridgehead atoms. The second-order valence-electron chi connectivity index (χ2n) is 9.93. The molecule has 0 unspecified atom stereocenters. The highest BCUT2D eigenvalue weighted by Crippen LogP contribution is 2.51. The van der Waals surface area contributed by atoms with Crippen molar-refractivity contribution in [2.75, 3.05) is 32.9 Å². The molecule has 40 heavy (non-hydrogen) atoms. The van der Waals surface area contributed by atoms with Gasteiger partial charge >= 0.3 is 0 Å². The number of hydrogen-bond acceptors (Lipinski definition) is 5. The highest BCUT2D eigenvalue weighted by atomic mass is 32.1. The number of H-pyrrole nitrogens is 1. The van der Waals surface area contributed by atoms with Gasteiger partial charge in [0, 0.05) is 65.1 Å². The van der Waals surface area contributed by atoms with E-state index in [1.165, 1.54) is 29.5 Å². The predicted molar refractivity (Wildman–Crippen MR) is 144 cm³/mol. The lowest BCUT2D eigenvalue weighted by atomic mass is 10.00. The normalized spacial score (nSPS) is 14.7. The molecule has 5 nitrogen and oxygen atoms in total. The molecule has 0 spiro atoms. The Kier molecular flexibility index (Phi) is 6.87. The first kappa shape index (κ1) is 26.5. The van der Waals surface area contributed by atoms with E-state index in [1.54, 1.807) is 24.4 Å². The molecule has 1 aliphatic rings. The number of halogens is 5. The van der Waals surface area contributed by atoms with Gasteiger partial charge in [-0.2, -0.15) is 5.10 Å². The van der Waals surface area contributed by atoms with Gasteiger partial charge in [-0.1, -0.05) is 6.07 Å². The van der Waals surface area contributed by atoms with Crippen molar-refractivity contribution < 1.29 is 31.4 Å². The van der Waals surface area contributed by atoms with E-state index >= 15 is 4.39 Å². The number of aromatic nitrogens is 2. The Morgan fingerprint density at radius 3 is 2.65 bits per heavy atom. The van der Waals surface area contributed by atoms with Crippen LogP contribution in [0, 0.1) is 17.6 Å². The first-order valence-electron chi connectivity index (χ1n) is 12.7. The molecule has 1 aliphatic heterocycles. The third-order valence-corrected chi connectivity index (χ3v) is 8.22. The number of nitrogens with zero attached hydrogens (tertiary/aromatic N) is 2. The molecule has 11 heteroatoms. The van der Waals surface area contributed by atoms with Crippen LogP contribution in [-0.4, -0.2) is 48.0 Å². The molecule has 6 rings (SSSR count). The van der Waals surface area contributed by atoms with Crippen molar-refractivity contribution in [3.05, 3.63) is 71.9 Å². The maximum Gasteiger partial charge on any atom is 0.271 e. The third-order valence-electron chi connectivity index (χ3n) is 6.97. The summed E-state index contributed by atoms with van der Waals surface area (Å²) in [5, 5.41) is 8.27. The van der Waals surface area contributed by atoms with Gasteiger partial charge in [-0.3, -0.25) is 14.4 Å². The van der Waals surface area contributed by atoms with E-state index in [4.69, 9.17) is 9.47 Å². The fourth-order valence-electron chi connectivity index (χ4n) is 4.92. The van der Waals surface area contributed by atoms with E-state index in [0.29, 0.717) is 53.9 Å². The second kappa shape index (κ2) is 10.4. The van der Waals surface area contributed by atoms with Crippen LogP contribution in [0.15, 0.2) is 54.7 Å². The summed E-state index contributed by atoms with van der Waals surface area (Å²) in [5.74, 6) is -4.41. The zero-order valence-electron chi connectivity index (χ0n) is 21.3. The summed E-state index contributed by atoms with van der Waals surface area (Å²) in [6.45, 7) is 2.66. The number of fused-ring (bicyclic) bond motifs is 3. The summed E-state index contributed by atoms with van der Waals surface area (Å²) in [7, 11) is 0. The lowest BCUT2D eigenvalue weighted by Gasteiger charge is -2.37. The summed E-state index contributed by atoms with van der Waals surface area (Å²) in [6, 6.07) is 10.9. The topological polar surface area (TPSA) is 50.4 Å². The van der Waals surface area contributed by atoms with E-state index < -0.39 is 23.1 Å². The average Bonchev–Trinajstić information content (AvgIpc) is 3.51. The van der Waals surface area contributed by atoms with Crippen molar-refractivity contribution in [2.45, 2.75) is 12.8 Å². The number of nitrogens with one attached hydrogen (secondary N) is 1. The van der Waals surface area contributed by atoms with Crippen LogP contribution in [-0.2, 0) is 5.92 Å². The predicted octanol–water partition coefficient (Wildman–Crippen LogP) is 7.91. The van der Waals surface area contributed by atoms with E-state index in [1.807, 2.05) is 0 Å². The van der Waals surface area contributed by atoms with Crippen molar-refractivity contribution in [3.63, 3.8) is 0 Å². The minimum absolute atomic E-state index is 0.0751. The number of benzene rings is 3. The van der Waals surface area contributed by atoms with Gasteiger partial charge < -0.3 is 9.47 Å². The van der Waals surface area contributed by atoms with Crippen molar-refractivity contribution >= 4 is 32.3 Å². The highest BCUT2D eigenvalue weighted by molar-refractivity contribution is 7.23. The zero-order valence-corrected chi connectivity index (χ0v) is 22.1. The zero-order chi connectivity index (χ0) is 28.0. The molecule has 1 fully saturated rings. The molecule has 0 saturated carbocycles. The van der Waals surface area contributed by atoms with Gasteiger partial charge in [0.15, 0.2) is 17.3 Å². The summed E-state index contributed by atoms with van der Waals surface area (Å²) >= 11 is 1.18. The Morgan fingerprint density at radius 1 is 1.07 bits per heavy atom. The highest BCUT2D eigenvalue weighted by Gasteiger charge is 2.31. The molecule has 3 aromatic carbocycles. The molecule has 5 aromatic rings. The first-order chi connectivity index (χ1) is 19.2. The van der Waals surface area contributed by atoms with Crippen LogP contribution in [0.5, 0.6) is 17.2 Å². The molecule has 1 saturated heterocycles. The molecular weight excluding hydrogens is 549 g/mol. The average molecular weight is 574 g/mol. The van der Waals surface area contributed by atoms with Gasteiger partial charge in [0.05, 0.1) is 23.3 Å². The standard InChI is InChI=1S/C29H24F5N3O2S/c1-29(33,34)22-10-17(31)2-4-19(22)28-26(20-5-6-24-21(13-35-36-24)27(20)40-28)39-25-7-3-18(11-23(25)32)38-9-8-37-14-16(12-30)15-37/h2-7,10-11,13,16H,8-9,12,14-15H2,1H3,(H,35,36). The molecule has 2 aromatic heterocycles. The molecule has 0 aliphatic carbocycles. The Bertz CT molecular complexity index is 1690. The summed E-state index contributed by atoms with van der Waals surface area (Å²) in [5.41, 5.74) is 0.317. The van der Waals surface area contributed by atoms with Crippen LogP contribution in [0.1, 0.15) is 12.5 Å². The van der Waals surface area contributed by atoms with E-state index in [2.05, 4.69) is 15.1 Å². The summed E-state index contributed by atoms with van der Waals surface area (Å²) in [4.78, 5) is 2.36. The van der Waals surface area contributed by atoms with E-state index in [-0.39, 0.29) is 29.7 Å². The quantitative estimate of drug-likeness (QED) is 0.182. The number of likely N-dealkylation sites (tertiary alicyclic amines) is 1. The van der Waals surface area contributed by atoms with Crippen LogP contribution in [0.4, 0.5) is 22.0 Å². The Morgan fingerprint density at radius 2 is 1.90 bits per heavy atom. The first-order valence-corrected chi connectivity index (χ1v) is 13.5. The Labute approximate surface area is 230 Å². The summed E-state index contributed by atoms with van der Waals surface area (Å²) in [6.07, 6.45) is 1.62. The smallest absolute Gasteiger partial charge is 0.271 e. The SMILES string of the molecule is CC(F)(F)c1cc(F)ccc1-c1sc2c(ccc3[nH]ncc32)c1Oc1ccc(OCCN2CC(CF)C2)cc1F. The largest absolute Gasteiger partial charge is 0.492 e. The molecular formula is C29H24F5N3O2S. The molecule has 0 radical (unpaired) electrons. The minimum Gasteiger partial charge on any atom is -0.492 e. The molecule has 0 amide bonds. The fraction of sp³-hybridized carbons (Fsp3) is 0.276. The van der Waals surface area contributed by atoms with Gasteiger partial charge in [-0.05, 0) is 36.4 Å². The maximum absolute atomic E-state index is 15.2. The van der Waals surface area contributed by atoms with Crippen LogP contribution < -0.4 is 9.47 Å². The fourth-order valence-corrected chi connectivity index (χ4v) is 6.20. The number of ether oxygens (including phenoxy) is 2. The number of aromatic amines is 1. The van der Waals surface area contributed by atoms with Crippen LogP contribution >= 0.6 is 11.3 Å². The molecule has 208 valence electrons. The number of hydrogen-bond donors (Lipinski definition) is 1.